The predicted molar refractivity (Wildman–Crippen MR) is 98.1 cm³/mol. The number of aliphatic imine (C=N–C) groups is 1. The van der Waals surface area contributed by atoms with Gasteiger partial charge in [-0.05, 0) is 30.9 Å². The number of amides is 1. The van der Waals surface area contributed by atoms with E-state index < -0.39 is 0 Å². The van der Waals surface area contributed by atoms with Gasteiger partial charge >= 0.3 is 0 Å². The molecule has 2 heterocycles. The fourth-order valence-corrected chi connectivity index (χ4v) is 3.46. The molecule has 0 unspecified atom stereocenters. The van der Waals surface area contributed by atoms with Gasteiger partial charge in [0.15, 0.2) is 5.96 Å². The second kappa shape index (κ2) is 8.34. The van der Waals surface area contributed by atoms with Gasteiger partial charge in [-0.3, -0.25) is 4.79 Å². The highest BCUT2D eigenvalue weighted by atomic mass is 16.3. The van der Waals surface area contributed by atoms with Crippen molar-refractivity contribution in [3.05, 3.63) is 35.4 Å². The molecule has 2 N–H and O–H groups in total. The van der Waals surface area contributed by atoms with Gasteiger partial charge in [0.2, 0.25) is 5.91 Å². The third-order valence-corrected chi connectivity index (χ3v) is 4.85. The molecule has 0 bridgehead atoms. The number of carbonyl (C=O) groups excluding carboxylic acids is 1. The summed E-state index contributed by atoms with van der Waals surface area (Å²) in [7, 11) is 0. The number of rotatable bonds is 5. The smallest absolute Gasteiger partial charge is 0.222 e. The molecule has 25 heavy (non-hydrogen) atoms. The third kappa shape index (κ3) is 4.51. The van der Waals surface area contributed by atoms with Crippen molar-refractivity contribution >= 4 is 11.9 Å². The molecule has 136 valence electrons. The molecule has 1 amide bonds. The zero-order valence-electron chi connectivity index (χ0n) is 14.9. The highest BCUT2D eigenvalue weighted by Gasteiger charge is 2.23. The van der Waals surface area contributed by atoms with Crippen LogP contribution in [0.5, 0.6) is 0 Å². The maximum atomic E-state index is 11.9. The number of likely N-dealkylation sites (tertiary alicyclic amines) is 2. The molecule has 0 aromatic heterocycles. The summed E-state index contributed by atoms with van der Waals surface area (Å²) in [6, 6.07) is 8.21. The lowest BCUT2D eigenvalue weighted by molar-refractivity contribution is -0.128. The van der Waals surface area contributed by atoms with Gasteiger partial charge in [-0.2, -0.15) is 0 Å². The molecule has 2 aliphatic rings. The summed E-state index contributed by atoms with van der Waals surface area (Å²) in [5.41, 5.74) is 2.32. The number of benzene rings is 1. The highest BCUT2D eigenvalue weighted by molar-refractivity contribution is 5.80. The molecule has 2 aliphatic heterocycles. The normalized spacial score (nSPS) is 21.3. The van der Waals surface area contributed by atoms with Gasteiger partial charge < -0.3 is 20.2 Å². The van der Waals surface area contributed by atoms with Gasteiger partial charge in [0.1, 0.15) is 0 Å². The summed E-state index contributed by atoms with van der Waals surface area (Å²) >= 11 is 0. The minimum Gasteiger partial charge on any atom is -0.391 e. The van der Waals surface area contributed by atoms with Crippen LogP contribution in [-0.2, 0) is 17.9 Å². The number of guanidine groups is 1. The van der Waals surface area contributed by atoms with E-state index in [1.807, 2.05) is 17.0 Å². The van der Waals surface area contributed by atoms with Crippen LogP contribution < -0.4 is 5.32 Å². The van der Waals surface area contributed by atoms with Crippen LogP contribution in [0.15, 0.2) is 29.3 Å². The minimum atomic E-state index is -0.266. The monoisotopic (exact) mass is 344 g/mol. The first kappa shape index (κ1) is 17.7. The number of aliphatic hydroxyl groups is 1. The Balaban J connectivity index is 1.71. The first-order valence-corrected chi connectivity index (χ1v) is 9.23. The van der Waals surface area contributed by atoms with E-state index in [9.17, 15) is 9.90 Å². The van der Waals surface area contributed by atoms with Gasteiger partial charge in [-0.15, -0.1) is 0 Å². The summed E-state index contributed by atoms with van der Waals surface area (Å²) in [5, 5.41) is 13.1. The molecule has 2 fully saturated rings. The SMILES string of the molecule is CCNC(=NCc1ccccc1CN1CCCC1=O)N1CC[C@@H](O)C1. The summed E-state index contributed by atoms with van der Waals surface area (Å²) < 4.78 is 0. The Morgan fingerprint density at radius 1 is 1.32 bits per heavy atom. The molecule has 2 saturated heterocycles. The third-order valence-electron chi connectivity index (χ3n) is 4.85. The zero-order valence-corrected chi connectivity index (χ0v) is 14.9. The Labute approximate surface area is 149 Å². The van der Waals surface area contributed by atoms with Crippen molar-refractivity contribution in [1.82, 2.24) is 15.1 Å². The molecular formula is C19H28N4O2. The van der Waals surface area contributed by atoms with E-state index in [4.69, 9.17) is 4.99 Å². The average Bonchev–Trinajstić information content (AvgIpc) is 3.21. The molecule has 3 rings (SSSR count). The molecule has 0 saturated carbocycles. The van der Waals surface area contributed by atoms with Crippen molar-refractivity contribution in [3.63, 3.8) is 0 Å². The van der Waals surface area contributed by atoms with Gasteiger partial charge in [-0.1, -0.05) is 24.3 Å². The number of carbonyl (C=O) groups is 1. The lowest BCUT2D eigenvalue weighted by atomic mass is 10.1. The van der Waals surface area contributed by atoms with Crippen LogP contribution in [0, 0.1) is 0 Å². The van der Waals surface area contributed by atoms with E-state index >= 15 is 0 Å². The lowest BCUT2D eigenvalue weighted by Gasteiger charge is -2.21. The molecule has 1 aromatic carbocycles. The second-order valence-electron chi connectivity index (χ2n) is 6.75. The van der Waals surface area contributed by atoms with E-state index in [2.05, 4.69) is 29.3 Å². The maximum Gasteiger partial charge on any atom is 0.222 e. The van der Waals surface area contributed by atoms with Gasteiger partial charge in [0.25, 0.3) is 0 Å². The van der Waals surface area contributed by atoms with Crippen LogP contribution >= 0.6 is 0 Å². The van der Waals surface area contributed by atoms with Crippen LogP contribution in [-0.4, -0.2) is 59.1 Å². The van der Waals surface area contributed by atoms with Crippen LogP contribution in [0.3, 0.4) is 0 Å². The van der Waals surface area contributed by atoms with E-state index in [1.54, 1.807) is 0 Å². The Kier molecular flexibility index (Phi) is 5.91. The molecule has 1 atom stereocenters. The molecule has 0 aliphatic carbocycles. The first-order chi connectivity index (χ1) is 12.2. The summed E-state index contributed by atoms with van der Waals surface area (Å²) in [5.74, 6) is 1.10. The maximum absolute atomic E-state index is 11.9. The number of β-amino-alcohol motifs (C(OH)–C–C–N with tert-alkyl or cyclic N) is 1. The average molecular weight is 344 g/mol. The molecule has 0 spiro atoms. The van der Waals surface area contributed by atoms with Crippen molar-refractivity contribution in [1.29, 1.82) is 0 Å². The Bertz CT molecular complexity index is 632. The highest BCUT2D eigenvalue weighted by Crippen LogP contribution is 2.18. The van der Waals surface area contributed by atoms with Crippen LogP contribution in [0.25, 0.3) is 0 Å². The van der Waals surface area contributed by atoms with Crippen LogP contribution in [0.4, 0.5) is 0 Å². The number of nitrogens with one attached hydrogen (secondary N) is 1. The van der Waals surface area contributed by atoms with Gasteiger partial charge in [0.05, 0.1) is 12.6 Å². The summed E-state index contributed by atoms with van der Waals surface area (Å²) in [4.78, 5) is 20.7. The second-order valence-corrected chi connectivity index (χ2v) is 6.75. The van der Waals surface area contributed by atoms with Crippen molar-refractivity contribution in [2.45, 2.75) is 45.4 Å². The zero-order chi connectivity index (χ0) is 17.6. The first-order valence-electron chi connectivity index (χ1n) is 9.23. The van der Waals surface area contributed by atoms with Crippen LogP contribution in [0.1, 0.15) is 37.3 Å². The molecule has 6 nitrogen and oxygen atoms in total. The molecular weight excluding hydrogens is 316 g/mol. The lowest BCUT2D eigenvalue weighted by Crippen LogP contribution is -2.40. The Morgan fingerprint density at radius 3 is 2.76 bits per heavy atom. The number of nitrogens with zero attached hydrogens (tertiary/aromatic N) is 3. The molecule has 0 radical (unpaired) electrons. The van der Waals surface area contributed by atoms with Crippen molar-refractivity contribution < 1.29 is 9.90 Å². The molecule has 6 heteroatoms. The number of aliphatic hydroxyl groups excluding tert-OH is 1. The quantitative estimate of drug-likeness (QED) is 0.625. The van der Waals surface area contributed by atoms with Gasteiger partial charge in [-0.25, -0.2) is 4.99 Å². The van der Waals surface area contributed by atoms with Crippen molar-refractivity contribution in [2.24, 2.45) is 4.99 Å². The fourth-order valence-electron chi connectivity index (χ4n) is 3.46. The van der Waals surface area contributed by atoms with E-state index in [0.29, 0.717) is 26.1 Å². The largest absolute Gasteiger partial charge is 0.391 e. The number of hydrogen-bond acceptors (Lipinski definition) is 3. The topological polar surface area (TPSA) is 68.2 Å². The van der Waals surface area contributed by atoms with Crippen molar-refractivity contribution in [3.8, 4) is 0 Å². The Hall–Kier alpha value is -2.08. The van der Waals surface area contributed by atoms with Crippen molar-refractivity contribution in [2.75, 3.05) is 26.2 Å². The number of hydrogen-bond donors (Lipinski definition) is 2. The predicted octanol–water partition coefficient (Wildman–Crippen LogP) is 1.34. The standard InChI is InChI=1S/C19H28N4O2/c1-2-20-19(23-11-9-17(24)14-23)21-12-15-6-3-4-7-16(15)13-22-10-5-8-18(22)25/h3-4,6-7,17,24H,2,5,8-14H2,1H3,(H,20,21)/t17-/m1/s1. The fraction of sp³-hybridized carbons (Fsp3) is 0.579. The minimum absolute atomic E-state index is 0.248. The van der Waals surface area contributed by atoms with Gasteiger partial charge in [0, 0.05) is 39.1 Å². The summed E-state index contributed by atoms with van der Waals surface area (Å²) in [6.07, 6.45) is 2.15. The molecule has 1 aromatic rings. The van der Waals surface area contributed by atoms with Crippen LogP contribution in [0.2, 0.25) is 0 Å². The Morgan fingerprint density at radius 2 is 2.12 bits per heavy atom. The van der Waals surface area contributed by atoms with E-state index in [-0.39, 0.29) is 12.0 Å². The van der Waals surface area contributed by atoms with E-state index in [1.165, 1.54) is 5.56 Å². The summed E-state index contributed by atoms with van der Waals surface area (Å²) in [6.45, 7) is 6.42. The van der Waals surface area contributed by atoms with E-state index in [0.717, 1.165) is 44.0 Å².